The summed E-state index contributed by atoms with van der Waals surface area (Å²) in [5.74, 6) is -5.14. The van der Waals surface area contributed by atoms with Crippen molar-refractivity contribution in [2.75, 3.05) is 16.9 Å². The Bertz CT molecular complexity index is 1880. The van der Waals surface area contributed by atoms with E-state index in [-0.39, 0.29) is 40.4 Å². The van der Waals surface area contributed by atoms with Gasteiger partial charge in [0.15, 0.2) is 11.5 Å². The average molecular weight is 641 g/mol. The first kappa shape index (κ1) is 29.9. The number of phenolic OH excluding ortho intramolecular Hbond substituents is 1. The van der Waals surface area contributed by atoms with E-state index in [4.69, 9.17) is 16.3 Å². The highest BCUT2D eigenvalue weighted by molar-refractivity contribution is 6.31. The third kappa shape index (κ3) is 4.32. The summed E-state index contributed by atoms with van der Waals surface area (Å²) in [7, 11) is 1.45. The molecule has 0 radical (unpaired) electrons. The van der Waals surface area contributed by atoms with Crippen LogP contribution in [0.5, 0.6) is 11.5 Å². The Kier molecular flexibility index (Phi) is 7.12. The molecule has 4 aliphatic rings. The van der Waals surface area contributed by atoms with Gasteiger partial charge in [-0.15, -0.1) is 0 Å². The largest absolute Gasteiger partial charge is 0.504 e. The Balaban J connectivity index is 1.34. The first-order valence-corrected chi connectivity index (χ1v) is 15.5. The first-order valence-electron chi connectivity index (χ1n) is 15.1. The molecule has 7 rings (SSSR count). The van der Waals surface area contributed by atoms with Crippen LogP contribution in [-0.2, 0) is 19.2 Å². The highest BCUT2D eigenvalue weighted by Gasteiger charge is 2.67. The molecule has 3 fully saturated rings. The number of aromatic hydroxyl groups is 1. The number of para-hydroxylation sites is 1. The zero-order chi connectivity index (χ0) is 32.5. The number of carbonyl (C=O) groups is 4. The standard InChI is InChI=1S/C36H30ClFN2O6/c1-36-25(13-8-19-9-15-29(41)30(16-19)46-2)22-11-12-23-31(34(44)39(32(23)42)20-6-4-3-5-7-20)24(22)18-26(36)33(43)40(35(36)45)21-10-14-28(38)27(37)17-21/h3-11,13-17,23-26,31,41H,12,18H2,1-2H3. The zero-order valence-corrected chi connectivity index (χ0v) is 25.8. The number of rotatable bonds is 5. The Morgan fingerprint density at radius 1 is 0.935 bits per heavy atom. The van der Waals surface area contributed by atoms with Crippen LogP contribution in [0.15, 0.2) is 84.5 Å². The van der Waals surface area contributed by atoms with Gasteiger partial charge in [-0.25, -0.2) is 9.29 Å². The third-order valence-corrected chi connectivity index (χ3v) is 10.5. The number of hydrogen-bond acceptors (Lipinski definition) is 6. The monoisotopic (exact) mass is 640 g/mol. The van der Waals surface area contributed by atoms with Gasteiger partial charge in [-0.1, -0.05) is 59.7 Å². The number of fused-ring (bicyclic) bond motifs is 4. The van der Waals surface area contributed by atoms with Crippen molar-refractivity contribution in [1.29, 1.82) is 0 Å². The van der Waals surface area contributed by atoms with Crippen molar-refractivity contribution in [2.24, 2.45) is 35.0 Å². The predicted molar refractivity (Wildman–Crippen MR) is 169 cm³/mol. The van der Waals surface area contributed by atoms with Crippen LogP contribution in [0.25, 0.3) is 6.08 Å². The van der Waals surface area contributed by atoms with Gasteiger partial charge in [0.1, 0.15) is 5.82 Å². The van der Waals surface area contributed by atoms with E-state index in [1.807, 2.05) is 18.2 Å². The van der Waals surface area contributed by atoms with E-state index in [0.29, 0.717) is 17.7 Å². The maximum atomic E-state index is 14.4. The minimum absolute atomic E-state index is 0.0250. The minimum atomic E-state index is -1.25. The van der Waals surface area contributed by atoms with Gasteiger partial charge in [-0.2, -0.15) is 0 Å². The molecule has 6 unspecified atom stereocenters. The molecule has 8 nitrogen and oxygen atoms in total. The Morgan fingerprint density at radius 2 is 1.70 bits per heavy atom. The normalized spacial score (nSPS) is 28.8. The fourth-order valence-corrected chi connectivity index (χ4v) is 8.10. The number of anilines is 2. The van der Waals surface area contributed by atoms with Crippen molar-refractivity contribution >= 4 is 52.7 Å². The highest BCUT2D eigenvalue weighted by Crippen LogP contribution is 2.61. The molecule has 10 heteroatoms. The molecule has 0 aromatic heterocycles. The van der Waals surface area contributed by atoms with E-state index >= 15 is 0 Å². The van der Waals surface area contributed by atoms with Crippen LogP contribution in [0.2, 0.25) is 5.02 Å². The van der Waals surface area contributed by atoms with Crippen molar-refractivity contribution in [2.45, 2.75) is 19.8 Å². The van der Waals surface area contributed by atoms with Gasteiger partial charge in [0, 0.05) is 5.92 Å². The molecule has 3 aromatic carbocycles. The lowest BCUT2D eigenvalue weighted by atomic mass is 9.52. The number of benzene rings is 3. The lowest BCUT2D eigenvalue weighted by Gasteiger charge is -2.47. The van der Waals surface area contributed by atoms with Gasteiger partial charge < -0.3 is 9.84 Å². The fraction of sp³-hybridized carbons (Fsp3) is 0.278. The Morgan fingerprint density at radius 3 is 2.41 bits per heavy atom. The van der Waals surface area contributed by atoms with Crippen LogP contribution in [0.4, 0.5) is 15.8 Å². The van der Waals surface area contributed by atoms with Gasteiger partial charge in [-0.05, 0) is 73.7 Å². The maximum absolute atomic E-state index is 14.4. The number of ether oxygens (including phenoxy) is 1. The fourth-order valence-electron chi connectivity index (χ4n) is 7.93. The van der Waals surface area contributed by atoms with Crippen molar-refractivity contribution in [3.63, 3.8) is 0 Å². The van der Waals surface area contributed by atoms with Crippen LogP contribution < -0.4 is 14.5 Å². The molecule has 6 atom stereocenters. The zero-order valence-electron chi connectivity index (χ0n) is 25.0. The number of methoxy groups -OCH3 is 1. The van der Waals surface area contributed by atoms with Gasteiger partial charge >= 0.3 is 0 Å². The number of phenols is 1. The number of allylic oxidation sites excluding steroid dienone is 3. The van der Waals surface area contributed by atoms with Crippen molar-refractivity contribution in [3.05, 3.63) is 101 Å². The summed E-state index contributed by atoms with van der Waals surface area (Å²) in [6.07, 6.45) is 6.14. The van der Waals surface area contributed by atoms with Gasteiger partial charge in [0.2, 0.25) is 23.6 Å². The second-order valence-electron chi connectivity index (χ2n) is 12.4. The van der Waals surface area contributed by atoms with E-state index in [1.54, 1.807) is 49.4 Å². The third-order valence-electron chi connectivity index (χ3n) is 10.2. The van der Waals surface area contributed by atoms with E-state index in [0.717, 1.165) is 16.5 Å². The number of nitrogens with zero attached hydrogens (tertiary/aromatic N) is 2. The van der Waals surface area contributed by atoms with Crippen molar-refractivity contribution < 1.29 is 33.4 Å². The first-order chi connectivity index (χ1) is 22.1. The van der Waals surface area contributed by atoms with Gasteiger partial charge in [0.25, 0.3) is 0 Å². The molecule has 1 saturated carbocycles. The molecule has 2 aliphatic carbocycles. The molecule has 2 saturated heterocycles. The minimum Gasteiger partial charge on any atom is -0.504 e. The van der Waals surface area contributed by atoms with Crippen LogP contribution in [-0.4, -0.2) is 35.8 Å². The lowest BCUT2D eigenvalue weighted by molar-refractivity contribution is -0.132. The van der Waals surface area contributed by atoms with Gasteiger partial charge in [-0.3, -0.25) is 24.1 Å². The second kappa shape index (κ2) is 10.9. The van der Waals surface area contributed by atoms with E-state index in [9.17, 15) is 28.7 Å². The molecule has 2 heterocycles. The van der Waals surface area contributed by atoms with E-state index < -0.39 is 52.6 Å². The van der Waals surface area contributed by atoms with Gasteiger partial charge in [0.05, 0.1) is 46.7 Å². The van der Waals surface area contributed by atoms with Crippen LogP contribution in [0.3, 0.4) is 0 Å². The molecule has 46 heavy (non-hydrogen) atoms. The van der Waals surface area contributed by atoms with Crippen molar-refractivity contribution in [1.82, 2.24) is 0 Å². The summed E-state index contributed by atoms with van der Waals surface area (Å²) in [5, 5.41) is 9.89. The van der Waals surface area contributed by atoms with Crippen molar-refractivity contribution in [3.8, 4) is 11.5 Å². The number of amides is 4. The summed E-state index contributed by atoms with van der Waals surface area (Å²) >= 11 is 6.06. The topological polar surface area (TPSA) is 104 Å². The Labute approximate surface area is 269 Å². The maximum Gasteiger partial charge on any atom is 0.241 e. The van der Waals surface area contributed by atoms with E-state index in [1.165, 1.54) is 30.2 Å². The molecule has 3 aromatic rings. The SMILES string of the molecule is COc1cc(C=CC2C3=CCC4C(=O)N(c5ccccc5)C(=O)C4C3CC3C(=O)N(c4ccc(F)c(Cl)c4)C(=O)C23C)ccc1O. The van der Waals surface area contributed by atoms with E-state index in [2.05, 4.69) is 0 Å². The summed E-state index contributed by atoms with van der Waals surface area (Å²) in [5.41, 5.74) is 0.930. The molecule has 4 amide bonds. The molecule has 234 valence electrons. The summed E-state index contributed by atoms with van der Waals surface area (Å²) in [6.45, 7) is 1.76. The quantitative estimate of drug-likeness (QED) is 0.264. The lowest BCUT2D eigenvalue weighted by Crippen LogP contribution is -2.49. The summed E-state index contributed by atoms with van der Waals surface area (Å²) < 4.78 is 19.3. The summed E-state index contributed by atoms with van der Waals surface area (Å²) in [4.78, 5) is 58.7. The molecule has 0 bridgehead atoms. The smallest absolute Gasteiger partial charge is 0.241 e. The molecule has 0 spiro atoms. The second-order valence-corrected chi connectivity index (χ2v) is 12.8. The molecule has 2 aliphatic heterocycles. The van der Waals surface area contributed by atoms with Crippen LogP contribution in [0.1, 0.15) is 25.3 Å². The molecule has 1 N–H and O–H groups in total. The summed E-state index contributed by atoms with van der Waals surface area (Å²) in [6, 6.07) is 17.4. The Hall–Kier alpha value is -4.76. The molecular weight excluding hydrogens is 611 g/mol. The number of halogens is 2. The number of imide groups is 2. The highest BCUT2D eigenvalue weighted by atomic mass is 35.5. The number of hydrogen-bond donors (Lipinski definition) is 1. The van der Waals surface area contributed by atoms with Crippen LogP contribution >= 0.6 is 11.6 Å². The average Bonchev–Trinajstić information content (AvgIpc) is 3.42. The molecular formula is C36H30ClFN2O6. The predicted octanol–water partition coefficient (Wildman–Crippen LogP) is 6.17. The van der Waals surface area contributed by atoms with Crippen LogP contribution in [0, 0.1) is 40.8 Å². The number of carbonyl (C=O) groups excluding carboxylic acids is 4.